The average Bonchev–Trinajstić information content (AvgIpc) is 3.40. The number of amides is 2. The van der Waals surface area contributed by atoms with Gasteiger partial charge in [0.1, 0.15) is 6.04 Å². The zero-order valence-corrected chi connectivity index (χ0v) is 23.9. The normalized spacial score (nSPS) is 14.3. The number of hydrogen-bond acceptors (Lipinski definition) is 3. The molecule has 0 radical (unpaired) electrons. The van der Waals surface area contributed by atoms with Crippen LogP contribution in [0.15, 0.2) is 72.8 Å². The molecule has 0 unspecified atom stereocenters. The molecule has 4 rings (SSSR count). The second kappa shape index (κ2) is 13.9. The number of nitrogens with one attached hydrogen (secondary N) is 1. The van der Waals surface area contributed by atoms with Gasteiger partial charge in [-0.15, -0.1) is 11.8 Å². The summed E-state index contributed by atoms with van der Waals surface area (Å²) in [6.07, 6.45) is 4.71. The van der Waals surface area contributed by atoms with Gasteiger partial charge in [0.2, 0.25) is 11.8 Å². The number of carbonyl (C=O) groups is 2. The summed E-state index contributed by atoms with van der Waals surface area (Å²) in [4.78, 5) is 29.3. The van der Waals surface area contributed by atoms with Crippen molar-refractivity contribution >= 4 is 35.2 Å². The van der Waals surface area contributed by atoms with Gasteiger partial charge in [0.25, 0.3) is 0 Å². The molecule has 6 heteroatoms. The Bertz CT molecular complexity index is 1210. The lowest BCUT2D eigenvalue weighted by molar-refractivity contribution is -0.139. The number of hydrogen-bond donors (Lipinski definition) is 1. The molecular weight excluding hydrogens is 512 g/mol. The molecule has 4 nitrogen and oxygen atoms in total. The molecule has 3 aromatic carbocycles. The number of aryl methyl sites for hydroxylation is 2. The fourth-order valence-corrected chi connectivity index (χ4v) is 6.26. The van der Waals surface area contributed by atoms with E-state index in [4.69, 9.17) is 11.6 Å². The predicted octanol–water partition coefficient (Wildman–Crippen LogP) is 6.89. The first-order valence-corrected chi connectivity index (χ1v) is 14.9. The highest BCUT2D eigenvalue weighted by Crippen LogP contribution is 2.24. The van der Waals surface area contributed by atoms with Crippen LogP contribution in [0.25, 0.3) is 0 Å². The van der Waals surface area contributed by atoms with Crippen molar-refractivity contribution < 1.29 is 9.59 Å². The highest BCUT2D eigenvalue weighted by Gasteiger charge is 2.32. The van der Waals surface area contributed by atoms with E-state index >= 15 is 0 Å². The lowest BCUT2D eigenvalue weighted by atomic mass is 10.0. The molecule has 0 aromatic heterocycles. The molecule has 0 spiro atoms. The maximum atomic E-state index is 13.8. The second-order valence-electron chi connectivity index (χ2n) is 10.3. The van der Waals surface area contributed by atoms with Crippen LogP contribution >= 0.6 is 23.4 Å². The Morgan fingerprint density at radius 3 is 2.29 bits per heavy atom. The van der Waals surface area contributed by atoms with E-state index in [9.17, 15) is 9.59 Å². The van der Waals surface area contributed by atoms with E-state index in [1.807, 2.05) is 54.6 Å². The van der Waals surface area contributed by atoms with Gasteiger partial charge in [-0.25, -0.2) is 0 Å². The van der Waals surface area contributed by atoms with Crippen LogP contribution in [0, 0.1) is 13.8 Å². The van der Waals surface area contributed by atoms with Gasteiger partial charge in [-0.1, -0.05) is 102 Å². The fourth-order valence-electron chi connectivity index (χ4n) is 5.22. The van der Waals surface area contributed by atoms with Crippen LogP contribution in [0.3, 0.4) is 0 Å². The van der Waals surface area contributed by atoms with Gasteiger partial charge in [0.05, 0.1) is 5.75 Å². The number of thioether (sulfide) groups is 1. The van der Waals surface area contributed by atoms with E-state index in [0.717, 1.165) is 42.6 Å². The molecule has 3 aromatic rings. The average molecular weight is 549 g/mol. The van der Waals surface area contributed by atoms with Crippen LogP contribution in [0.4, 0.5) is 0 Å². The molecule has 38 heavy (non-hydrogen) atoms. The third-order valence-electron chi connectivity index (χ3n) is 7.05. The largest absolute Gasteiger partial charge is 0.352 e. The van der Waals surface area contributed by atoms with Crippen molar-refractivity contribution in [2.45, 2.75) is 70.3 Å². The van der Waals surface area contributed by atoms with Gasteiger partial charge in [-0.3, -0.25) is 9.59 Å². The minimum atomic E-state index is -0.622. The first-order valence-electron chi connectivity index (χ1n) is 13.4. The first-order chi connectivity index (χ1) is 18.4. The quantitative estimate of drug-likeness (QED) is 0.284. The molecule has 1 N–H and O–H groups in total. The maximum absolute atomic E-state index is 13.8. The molecule has 200 valence electrons. The van der Waals surface area contributed by atoms with Crippen molar-refractivity contribution in [1.29, 1.82) is 0 Å². The third kappa shape index (κ3) is 8.12. The Balaban J connectivity index is 1.57. The Labute approximate surface area is 236 Å². The number of rotatable bonds is 11. The van der Waals surface area contributed by atoms with Crippen molar-refractivity contribution in [2.75, 3.05) is 5.75 Å². The van der Waals surface area contributed by atoms with Crippen LogP contribution in [0.2, 0.25) is 5.02 Å². The van der Waals surface area contributed by atoms with E-state index in [1.165, 1.54) is 16.7 Å². The van der Waals surface area contributed by atoms with E-state index < -0.39 is 6.04 Å². The standard InChI is InChI=1S/C32H37ClN2O2S/c1-23-16-24(2)18-26(17-23)21-38-22-31(36)35(20-27-12-6-9-15-29(27)33)30(19-25-10-4-3-5-11-25)32(37)34-28-13-7-8-14-28/h3-6,9-12,15-18,28,30H,7-8,13-14,19-22H2,1-2H3,(H,34,37)/t30-/m1/s1. The highest BCUT2D eigenvalue weighted by atomic mass is 35.5. The molecule has 0 aliphatic heterocycles. The summed E-state index contributed by atoms with van der Waals surface area (Å²) in [6.45, 7) is 4.47. The number of carbonyl (C=O) groups excluding carboxylic acids is 2. The Morgan fingerprint density at radius 2 is 1.61 bits per heavy atom. The van der Waals surface area contributed by atoms with Crippen LogP contribution in [-0.4, -0.2) is 34.6 Å². The minimum absolute atomic E-state index is 0.0539. The number of nitrogens with zero attached hydrogens (tertiary/aromatic N) is 1. The van der Waals surface area contributed by atoms with Gasteiger partial charge in [0.15, 0.2) is 0 Å². The molecule has 0 heterocycles. The molecular formula is C32H37ClN2O2S. The van der Waals surface area contributed by atoms with Crippen molar-refractivity contribution in [3.05, 3.63) is 106 Å². The number of halogens is 1. The van der Waals surface area contributed by atoms with Crippen LogP contribution in [0.5, 0.6) is 0 Å². The van der Waals surface area contributed by atoms with Crippen LogP contribution in [0.1, 0.15) is 53.5 Å². The summed E-state index contributed by atoms with van der Waals surface area (Å²) in [5.74, 6) is 0.896. The van der Waals surface area contributed by atoms with Crippen LogP contribution < -0.4 is 5.32 Å². The molecule has 0 bridgehead atoms. The minimum Gasteiger partial charge on any atom is -0.352 e. The topological polar surface area (TPSA) is 49.4 Å². The summed E-state index contributed by atoms with van der Waals surface area (Å²) in [5, 5.41) is 3.86. The maximum Gasteiger partial charge on any atom is 0.243 e. The molecule has 1 saturated carbocycles. The molecule has 1 aliphatic carbocycles. The van der Waals surface area contributed by atoms with Gasteiger partial charge in [-0.2, -0.15) is 0 Å². The van der Waals surface area contributed by atoms with E-state index in [2.05, 4.69) is 37.4 Å². The SMILES string of the molecule is Cc1cc(C)cc(CSCC(=O)N(Cc2ccccc2Cl)[C@H](Cc2ccccc2)C(=O)NC2CCCC2)c1. The Morgan fingerprint density at radius 1 is 0.947 bits per heavy atom. The van der Waals surface area contributed by atoms with E-state index in [0.29, 0.717) is 17.2 Å². The van der Waals surface area contributed by atoms with Gasteiger partial charge >= 0.3 is 0 Å². The first kappa shape index (κ1) is 28.3. The Hall–Kier alpha value is -2.76. The zero-order chi connectivity index (χ0) is 26.9. The van der Waals surface area contributed by atoms with Crippen molar-refractivity contribution in [3.63, 3.8) is 0 Å². The van der Waals surface area contributed by atoms with Crippen LogP contribution in [-0.2, 0) is 28.3 Å². The van der Waals surface area contributed by atoms with Gasteiger partial charge < -0.3 is 10.2 Å². The zero-order valence-electron chi connectivity index (χ0n) is 22.3. The lowest BCUT2D eigenvalue weighted by Gasteiger charge is -2.32. The third-order valence-corrected chi connectivity index (χ3v) is 8.40. The Kier molecular flexibility index (Phi) is 10.3. The summed E-state index contributed by atoms with van der Waals surface area (Å²) in [7, 11) is 0. The predicted molar refractivity (Wildman–Crippen MR) is 158 cm³/mol. The second-order valence-corrected chi connectivity index (χ2v) is 11.7. The highest BCUT2D eigenvalue weighted by molar-refractivity contribution is 7.99. The monoisotopic (exact) mass is 548 g/mol. The van der Waals surface area contributed by atoms with Crippen molar-refractivity contribution in [3.8, 4) is 0 Å². The molecule has 1 aliphatic rings. The molecule has 1 atom stereocenters. The summed E-state index contributed by atoms with van der Waals surface area (Å²) >= 11 is 8.11. The van der Waals surface area contributed by atoms with E-state index in [1.54, 1.807) is 16.7 Å². The molecule has 2 amide bonds. The molecule has 1 fully saturated rings. The summed E-state index contributed by atoms with van der Waals surface area (Å²) < 4.78 is 0. The van der Waals surface area contributed by atoms with E-state index in [-0.39, 0.29) is 24.4 Å². The van der Waals surface area contributed by atoms with Crippen molar-refractivity contribution in [2.24, 2.45) is 0 Å². The molecule has 0 saturated heterocycles. The van der Waals surface area contributed by atoms with Gasteiger partial charge in [-0.05, 0) is 49.4 Å². The smallest absolute Gasteiger partial charge is 0.243 e. The fraction of sp³-hybridized carbons (Fsp3) is 0.375. The summed E-state index contributed by atoms with van der Waals surface area (Å²) in [6, 6.07) is 23.6. The number of benzene rings is 3. The van der Waals surface area contributed by atoms with Gasteiger partial charge in [0, 0.05) is 29.8 Å². The van der Waals surface area contributed by atoms with Crippen molar-refractivity contribution in [1.82, 2.24) is 10.2 Å². The summed E-state index contributed by atoms with van der Waals surface area (Å²) in [5.41, 5.74) is 5.52. The lowest BCUT2D eigenvalue weighted by Crippen LogP contribution is -2.52.